The molecule has 116 valence electrons. The van der Waals surface area contributed by atoms with Crippen LogP contribution in [0.2, 0.25) is 0 Å². The van der Waals surface area contributed by atoms with Gasteiger partial charge in [-0.05, 0) is 23.6 Å². The number of hydrogen-bond acceptors (Lipinski definition) is 3. The van der Waals surface area contributed by atoms with E-state index in [9.17, 15) is 9.90 Å². The highest BCUT2D eigenvalue weighted by Crippen LogP contribution is 2.27. The van der Waals surface area contributed by atoms with Crippen molar-refractivity contribution in [2.45, 2.75) is 0 Å². The van der Waals surface area contributed by atoms with E-state index >= 15 is 0 Å². The number of likely N-dealkylation sites (N-methyl/N-ethyl adjacent to an activating group) is 1. The Labute approximate surface area is 129 Å². The minimum absolute atomic E-state index is 0.0137. The van der Waals surface area contributed by atoms with Gasteiger partial charge in [-0.15, -0.1) is 0 Å². The molecule has 0 atom stereocenters. The zero-order valence-corrected chi connectivity index (χ0v) is 12.7. The van der Waals surface area contributed by atoms with Crippen LogP contribution in [0, 0.1) is 0 Å². The number of rotatable bonds is 3. The maximum atomic E-state index is 12.4. The topological polar surface area (TPSA) is 58.6 Å². The van der Waals surface area contributed by atoms with Gasteiger partial charge in [0.2, 0.25) is 0 Å². The second-order valence-electron chi connectivity index (χ2n) is 6.10. The summed E-state index contributed by atoms with van der Waals surface area (Å²) in [6, 6.07) is 10.9. The molecule has 0 unspecified atom stereocenters. The average molecular weight is 301 g/mol. The van der Waals surface area contributed by atoms with Crippen molar-refractivity contribution in [1.82, 2.24) is 0 Å². The molecule has 5 nitrogen and oxygen atoms in total. The molecule has 1 fully saturated rings. The van der Waals surface area contributed by atoms with E-state index in [0.29, 0.717) is 24.2 Å². The molecule has 1 heterocycles. The van der Waals surface area contributed by atoms with Gasteiger partial charge >= 0.3 is 0 Å². The Morgan fingerprint density at radius 2 is 2.05 bits per heavy atom. The first-order valence-corrected chi connectivity index (χ1v) is 7.49. The number of nitrogens with one attached hydrogen (secondary N) is 1. The molecule has 0 saturated carbocycles. The number of quaternary nitrogens is 1. The molecule has 2 aromatic carbocycles. The number of anilines is 1. The van der Waals surface area contributed by atoms with Gasteiger partial charge in [-0.25, -0.2) is 0 Å². The number of carbonyl (C=O) groups excluding carboxylic acids is 1. The fourth-order valence-corrected chi connectivity index (χ4v) is 2.85. The van der Waals surface area contributed by atoms with Gasteiger partial charge < -0.3 is 19.6 Å². The van der Waals surface area contributed by atoms with E-state index in [4.69, 9.17) is 4.74 Å². The lowest BCUT2D eigenvalue weighted by atomic mass is 10.1. The molecule has 0 aliphatic carbocycles. The molecular weight excluding hydrogens is 280 g/mol. The fourth-order valence-electron chi connectivity index (χ4n) is 2.85. The van der Waals surface area contributed by atoms with Crippen LogP contribution in [-0.4, -0.2) is 55.4 Å². The number of phenolic OH excluding ortho intramolecular Hbond substituents is 1. The van der Waals surface area contributed by atoms with Crippen molar-refractivity contribution in [2.24, 2.45) is 0 Å². The van der Waals surface area contributed by atoms with Crippen molar-refractivity contribution in [3.05, 3.63) is 36.4 Å². The van der Waals surface area contributed by atoms with Gasteiger partial charge in [0.1, 0.15) is 18.8 Å². The summed E-state index contributed by atoms with van der Waals surface area (Å²) >= 11 is 0. The smallest absolute Gasteiger partial charge is 0.279 e. The molecule has 1 amide bonds. The molecular formula is C17H21N2O3+. The largest absolute Gasteiger partial charge is 0.508 e. The third-order valence-corrected chi connectivity index (χ3v) is 4.22. The van der Waals surface area contributed by atoms with E-state index in [1.165, 1.54) is 0 Å². The number of ether oxygens (including phenoxy) is 1. The van der Waals surface area contributed by atoms with Gasteiger partial charge in [0, 0.05) is 11.1 Å². The number of morpholine rings is 1. The minimum atomic E-state index is -0.0137. The molecule has 0 aromatic heterocycles. The highest BCUT2D eigenvalue weighted by molar-refractivity contribution is 6.02. The number of hydrogen-bond donors (Lipinski definition) is 2. The first kappa shape index (κ1) is 14.8. The SMILES string of the molecule is C[N+]1(CC(=O)Nc2cccc3ccc(O)cc23)CCOCC1. The van der Waals surface area contributed by atoms with E-state index < -0.39 is 0 Å². The summed E-state index contributed by atoms with van der Waals surface area (Å²) in [5, 5.41) is 14.5. The van der Waals surface area contributed by atoms with Crippen LogP contribution in [0.15, 0.2) is 36.4 Å². The highest BCUT2D eigenvalue weighted by atomic mass is 16.5. The average Bonchev–Trinajstić information content (AvgIpc) is 2.48. The van der Waals surface area contributed by atoms with E-state index in [-0.39, 0.29) is 11.7 Å². The first-order chi connectivity index (χ1) is 10.6. The number of phenols is 1. The molecule has 0 radical (unpaired) electrons. The Balaban J connectivity index is 1.78. The third kappa shape index (κ3) is 3.21. The van der Waals surface area contributed by atoms with Crippen molar-refractivity contribution >= 4 is 22.4 Å². The van der Waals surface area contributed by atoms with Crippen LogP contribution >= 0.6 is 0 Å². The van der Waals surface area contributed by atoms with Gasteiger partial charge in [-0.3, -0.25) is 4.79 Å². The Morgan fingerprint density at radius 3 is 2.82 bits per heavy atom. The first-order valence-electron chi connectivity index (χ1n) is 7.49. The van der Waals surface area contributed by atoms with Crippen molar-refractivity contribution in [2.75, 3.05) is 45.2 Å². The Morgan fingerprint density at radius 1 is 1.27 bits per heavy atom. The molecule has 1 saturated heterocycles. The van der Waals surface area contributed by atoms with Gasteiger partial charge in [0.05, 0.1) is 20.3 Å². The van der Waals surface area contributed by atoms with Gasteiger partial charge in [0.15, 0.2) is 6.54 Å². The number of fused-ring (bicyclic) bond motifs is 1. The molecule has 0 bridgehead atoms. The van der Waals surface area contributed by atoms with Crippen LogP contribution in [0.4, 0.5) is 5.69 Å². The molecule has 5 heteroatoms. The summed E-state index contributed by atoms with van der Waals surface area (Å²) in [6.07, 6.45) is 0. The Hall–Kier alpha value is -2.11. The van der Waals surface area contributed by atoms with Crippen molar-refractivity contribution in [1.29, 1.82) is 0 Å². The molecule has 2 N–H and O–H groups in total. The zero-order valence-electron chi connectivity index (χ0n) is 12.7. The second kappa shape index (κ2) is 5.94. The molecule has 22 heavy (non-hydrogen) atoms. The van der Waals surface area contributed by atoms with E-state index in [2.05, 4.69) is 12.4 Å². The standard InChI is InChI=1S/C17H20N2O3/c1-19(7-9-22-10-8-19)12-17(21)18-16-4-2-3-13-5-6-14(20)11-15(13)16/h2-6,11H,7-10,12H2,1H3,(H-,18,20,21)/p+1. The molecule has 2 aromatic rings. The lowest BCUT2D eigenvalue weighted by molar-refractivity contribution is -0.909. The molecule has 1 aliphatic rings. The summed E-state index contributed by atoms with van der Waals surface area (Å²) in [5.74, 6) is 0.182. The van der Waals surface area contributed by atoms with Gasteiger partial charge in [-0.1, -0.05) is 18.2 Å². The maximum absolute atomic E-state index is 12.4. The predicted molar refractivity (Wildman–Crippen MR) is 85.8 cm³/mol. The molecule has 3 rings (SSSR count). The fraction of sp³-hybridized carbons (Fsp3) is 0.353. The minimum Gasteiger partial charge on any atom is -0.508 e. The summed E-state index contributed by atoms with van der Waals surface area (Å²) in [6.45, 7) is 3.53. The molecule has 0 spiro atoms. The van der Waals surface area contributed by atoms with Crippen LogP contribution in [0.1, 0.15) is 0 Å². The second-order valence-corrected chi connectivity index (χ2v) is 6.10. The normalized spacial score (nSPS) is 17.3. The van der Waals surface area contributed by atoms with E-state index in [1.54, 1.807) is 12.1 Å². The number of benzene rings is 2. The number of carbonyl (C=O) groups is 1. The van der Waals surface area contributed by atoms with Crippen molar-refractivity contribution < 1.29 is 19.1 Å². The lowest BCUT2D eigenvalue weighted by Gasteiger charge is -2.36. The quantitative estimate of drug-likeness (QED) is 0.852. The van der Waals surface area contributed by atoms with Crippen molar-refractivity contribution in [3.8, 4) is 5.75 Å². The van der Waals surface area contributed by atoms with Crippen LogP contribution < -0.4 is 5.32 Å². The molecule has 1 aliphatic heterocycles. The van der Waals surface area contributed by atoms with Crippen LogP contribution in [0.5, 0.6) is 5.75 Å². The summed E-state index contributed by atoms with van der Waals surface area (Å²) < 4.78 is 6.06. The number of nitrogens with zero attached hydrogens (tertiary/aromatic N) is 1. The summed E-state index contributed by atoms with van der Waals surface area (Å²) in [4.78, 5) is 12.4. The van der Waals surface area contributed by atoms with Crippen LogP contribution in [0.3, 0.4) is 0 Å². The highest BCUT2D eigenvalue weighted by Gasteiger charge is 2.28. The maximum Gasteiger partial charge on any atom is 0.279 e. The van der Waals surface area contributed by atoms with Crippen LogP contribution in [0.25, 0.3) is 10.8 Å². The van der Waals surface area contributed by atoms with Gasteiger partial charge in [-0.2, -0.15) is 0 Å². The zero-order chi connectivity index (χ0) is 15.6. The third-order valence-electron chi connectivity index (χ3n) is 4.22. The van der Waals surface area contributed by atoms with Gasteiger partial charge in [0.25, 0.3) is 5.91 Å². The monoisotopic (exact) mass is 301 g/mol. The van der Waals surface area contributed by atoms with Crippen LogP contribution in [-0.2, 0) is 9.53 Å². The van der Waals surface area contributed by atoms with Crippen molar-refractivity contribution in [3.63, 3.8) is 0 Å². The van der Waals surface area contributed by atoms with E-state index in [1.807, 2.05) is 24.3 Å². The Bertz CT molecular complexity index is 693. The number of amides is 1. The lowest BCUT2D eigenvalue weighted by Crippen LogP contribution is -2.55. The summed E-state index contributed by atoms with van der Waals surface area (Å²) in [5.41, 5.74) is 0.734. The van der Waals surface area contributed by atoms with E-state index in [0.717, 1.165) is 29.5 Å². The number of aromatic hydroxyl groups is 1. The summed E-state index contributed by atoms with van der Waals surface area (Å²) in [7, 11) is 2.08. The Kier molecular flexibility index (Phi) is 4.00. The predicted octanol–water partition coefficient (Wildman–Crippen LogP) is 1.96.